The lowest BCUT2D eigenvalue weighted by Crippen LogP contribution is -2.40. The van der Waals surface area contributed by atoms with Crippen LogP contribution >= 0.6 is 0 Å². The number of carbonyl (C=O) groups excluding carboxylic acids is 2. The molecule has 0 aromatic heterocycles. The molecule has 26 heavy (non-hydrogen) atoms. The van der Waals surface area contributed by atoms with Crippen LogP contribution in [0.1, 0.15) is 42.5 Å². The number of piperidine rings is 1. The molecular weight excluding hydrogens is 330 g/mol. The Bertz CT molecular complexity index is 660. The maximum Gasteiger partial charge on any atom is 0.254 e. The van der Waals surface area contributed by atoms with Crippen LogP contribution in [0.4, 0.5) is 5.69 Å². The zero-order valence-electron chi connectivity index (χ0n) is 15.1. The van der Waals surface area contributed by atoms with E-state index in [1.54, 1.807) is 17.0 Å². The summed E-state index contributed by atoms with van der Waals surface area (Å²) in [5.74, 6) is 0.513. The smallest absolute Gasteiger partial charge is 0.254 e. The van der Waals surface area contributed by atoms with Gasteiger partial charge in [-0.15, -0.1) is 0 Å². The first-order valence-corrected chi connectivity index (χ1v) is 9.70. The van der Waals surface area contributed by atoms with Crippen molar-refractivity contribution in [1.29, 1.82) is 0 Å². The van der Waals surface area contributed by atoms with E-state index in [0.717, 1.165) is 12.8 Å². The van der Waals surface area contributed by atoms with Gasteiger partial charge in [-0.2, -0.15) is 0 Å². The minimum absolute atomic E-state index is 0.000621. The number of morpholine rings is 1. The SMILES string of the molecule is O=C(CC1CC2CCC(C1)N2)Nc1cccc(C(=O)N2CCOCC2)c1. The highest BCUT2D eigenvalue weighted by Crippen LogP contribution is 2.32. The van der Waals surface area contributed by atoms with E-state index in [2.05, 4.69) is 10.6 Å². The number of amides is 2. The van der Waals surface area contributed by atoms with Crippen LogP contribution in [0.15, 0.2) is 24.3 Å². The molecule has 2 atom stereocenters. The predicted octanol–water partition coefficient (Wildman–Crippen LogP) is 2.02. The van der Waals surface area contributed by atoms with Crippen LogP contribution in [0.5, 0.6) is 0 Å². The Balaban J connectivity index is 1.34. The van der Waals surface area contributed by atoms with Gasteiger partial charge in [0.1, 0.15) is 0 Å². The molecule has 2 amide bonds. The van der Waals surface area contributed by atoms with E-state index in [1.807, 2.05) is 12.1 Å². The van der Waals surface area contributed by atoms with Crippen molar-refractivity contribution in [2.45, 2.75) is 44.2 Å². The van der Waals surface area contributed by atoms with Crippen LogP contribution < -0.4 is 10.6 Å². The maximum absolute atomic E-state index is 12.6. The number of benzene rings is 1. The Hall–Kier alpha value is -1.92. The zero-order valence-corrected chi connectivity index (χ0v) is 15.1. The molecule has 3 aliphatic rings. The van der Waals surface area contributed by atoms with E-state index >= 15 is 0 Å². The van der Waals surface area contributed by atoms with E-state index in [4.69, 9.17) is 4.74 Å². The van der Waals surface area contributed by atoms with Crippen LogP contribution in [0, 0.1) is 5.92 Å². The fraction of sp³-hybridized carbons (Fsp3) is 0.600. The number of carbonyl (C=O) groups is 2. The summed E-state index contributed by atoms with van der Waals surface area (Å²) in [5, 5.41) is 6.59. The first-order chi connectivity index (χ1) is 12.7. The Morgan fingerprint density at radius 3 is 2.62 bits per heavy atom. The van der Waals surface area contributed by atoms with Crippen molar-refractivity contribution in [1.82, 2.24) is 10.2 Å². The van der Waals surface area contributed by atoms with Gasteiger partial charge in [-0.25, -0.2) is 0 Å². The predicted molar refractivity (Wildman–Crippen MR) is 99.1 cm³/mol. The van der Waals surface area contributed by atoms with Crippen molar-refractivity contribution in [3.05, 3.63) is 29.8 Å². The van der Waals surface area contributed by atoms with E-state index < -0.39 is 0 Å². The van der Waals surface area contributed by atoms with Gasteiger partial charge in [-0.1, -0.05) is 6.07 Å². The summed E-state index contributed by atoms with van der Waals surface area (Å²) in [6, 6.07) is 8.45. The largest absolute Gasteiger partial charge is 0.378 e. The van der Waals surface area contributed by atoms with Gasteiger partial charge in [0, 0.05) is 42.8 Å². The number of nitrogens with one attached hydrogen (secondary N) is 2. The third-order valence-corrected chi connectivity index (χ3v) is 5.74. The number of rotatable bonds is 4. The number of hydrogen-bond donors (Lipinski definition) is 2. The number of hydrogen-bond acceptors (Lipinski definition) is 4. The first-order valence-electron chi connectivity index (χ1n) is 9.70. The number of nitrogens with zero attached hydrogens (tertiary/aromatic N) is 1. The third kappa shape index (κ3) is 4.07. The van der Waals surface area contributed by atoms with Gasteiger partial charge < -0.3 is 20.3 Å². The lowest BCUT2D eigenvalue weighted by atomic mass is 9.89. The van der Waals surface area contributed by atoms with Crippen LogP contribution in [0.25, 0.3) is 0 Å². The molecule has 0 radical (unpaired) electrons. The molecule has 4 rings (SSSR count). The molecule has 1 aromatic carbocycles. The number of anilines is 1. The van der Waals surface area contributed by atoms with Crippen LogP contribution in [-0.2, 0) is 9.53 Å². The van der Waals surface area contributed by atoms with Gasteiger partial charge in [-0.05, 0) is 49.8 Å². The standard InChI is InChI=1S/C20H27N3O3/c24-19(12-14-10-17-4-5-18(11-14)21-17)22-16-3-1-2-15(13-16)20(25)23-6-8-26-9-7-23/h1-3,13-14,17-18,21H,4-12H2,(H,22,24). The van der Waals surface area contributed by atoms with Crippen molar-refractivity contribution in [3.63, 3.8) is 0 Å². The first kappa shape index (κ1) is 17.5. The molecule has 0 spiro atoms. The van der Waals surface area contributed by atoms with Crippen LogP contribution in [0.2, 0.25) is 0 Å². The van der Waals surface area contributed by atoms with Crippen molar-refractivity contribution in [2.24, 2.45) is 5.92 Å². The molecule has 3 heterocycles. The lowest BCUT2D eigenvalue weighted by molar-refractivity contribution is -0.117. The fourth-order valence-corrected chi connectivity index (χ4v) is 4.49. The van der Waals surface area contributed by atoms with Crippen molar-refractivity contribution in [3.8, 4) is 0 Å². The summed E-state index contributed by atoms with van der Waals surface area (Å²) in [6.07, 6.45) is 5.25. The Morgan fingerprint density at radius 1 is 1.15 bits per heavy atom. The summed E-state index contributed by atoms with van der Waals surface area (Å²) >= 11 is 0. The fourth-order valence-electron chi connectivity index (χ4n) is 4.49. The average Bonchev–Trinajstić information content (AvgIpc) is 3.00. The summed E-state index contributed by atoms with van der Waals surface area (Å²) in [7, 11) is 0. The van der Waals surface area contributed by atoms with E-state index in [0.29, 0.717) is 62.0 Å². The highest BCUT2D eigenvalue weighted by atomic mass is 16.5. The third-order valence-electron chi connectivity index (χ3n) is 5.74. The molecule has 2 unspecified atom stereocenters. The molecule has 140 valence electrons. The highest BCUT2D eigenvalue weighted by molar-refractivity contribution is 5.97. The molecule has 3 saturated heterocycles. The number of fused-ring (bicyclic) bond motifs is 2. The van der Waals surface area contributed by atoms with Crippen molar-refractivity contribution in [2.75, 3.05) is 31.6 Å². The quantitative estimate of drug-likeness (QED) is 0.865. The molecule has 0 saturated carbocycles. The Labute approximate surface area is 154 Å². The van der Waals surface area contributed by atoms with Crippen molar-refractivity contribution >= 4 is 17.5 Å². The molecular formula is C20H27N3O3. The van der Waals surface area contributed by atoms with Crippen molar-refractivity contribution < 1.29 is 14.3 Å². The molecule has 6 nitrogen and oxygen atoms in total. The van der Waals surface area contributed by atoms with E-state index in [-0.39, 0.29) is 11.8 Å². The zero-order chi connectivity index (χ0) is 17.9. The van der Waals surface area contributed by atoms with Gasteiger partial charge >= 0.3 is 0 Å². The van der Waals surface area contributed by atoms with Gasteiger partial charge in [-0.3, -0.25) is 9.59 Å². The minimum Gasteiger partial charge on any atom is -0.378 e. The second-order valence-electron chi connectivity index (χ2n) is 7.71. The van der Waals surface area contributed by atoms with Crippen LogP contribution in [-0.4, -0.2) is 55.1 Å². The van der Waals surface area contributed by atoms with Gasteiger partial charge in [0.05, 0.1) is 13.2 Å². The monoisotopic (exact) mass is 357 g/mol. The van der Waals surface area contributed by atoms with Crippen LogP contribution in [0.3, 0.4) is 0 Å². The normalized spacial score (nSPS) is 28.0. The molecule has 0 aliphatic carbocycles. The van der Waals surface area contributed by atoms with Gasteiger partial charge in [0.25, 0.3) is 5.91 Å². The van der Waals surface area contributed by atoms with E-state index in [9.17, 15) is 9.59 Å². The molecule has 3 aliphatic heterocycles. The molecule has 1 aromatic rings. The second kappa shape index (κ2) is 7.76. The molecule has 2 N–H and O–H groups in total. The summed E-state index contributed by atoms with van der Waals surface area (Å²) in [4.78, 5) is 26.8. The Morgan fingerprint density at radius 2 is 1.88 bits per heavy atom. The second-order valence-corrected chi connectivity index (χ2v) is 7.71. The molecule has 6 heteroatoms. The van der Waals surface area contributed by atoms with E-state index in [1.165, 1.54) is 12.8 Å². The average molecular weight is 357 g/mol. The lowest BCUT2D eigenvalue weighted by Gasteiger charge is -2.28. The summed E-state index contributed by atoms with van der Waals surface area (Å²) < 4.78 is 5.30. The highest BCUT2D eigenvalue weighted by Gasteiger charge is 2.34. The minimum atomic E-state index is -0.000621. The maximum atomic E-state index is 12.6. The van der Waals surface area contributed by atoms with Gasteiger partial charge in [0.2, 0.25) is 5.91 Å². The number of ether oxygens (including phenoxy) is 1. The molecule has 2 bridgehead atoms. The summed E-state index contributed by atoms with van der Waals surface area (Å²) in [5.41, 5.74) is 1.32. The van der Waals surface area contributed by atoms with Gasteiger partial charge in [0.15, 0.2) is 0 Å². The summed E-state index contributed by atoms with van der Waals surface area (Å²) in [6.45, 7) is 2.40. The molecule has 3 fully saturated rings. The Kier molecular flexibility index (Phi) is 5.22. The topological polar surface area (TPSA) is 70.7 Å².